The first-order valence-electron chi connectivity index (χ1n) is 5.76. The number of nitrogens with one attached hydrogen (secondary N) is 1. The Morgan fingerprint density at radius 2 is 2.41 bits per heavy atom. The lowest BCUT2D eigenvalue weighted by Crippen LogP contribution is -2.27. The van der Waals surface area contributed by atoms with Crippen LogP contribution in [0, 0.1) is 10.5 Å². The van der Waals surface area contributed by atoms with Crippen LogP contribution in [0.3, 0.4) is 0 Å². The first kappa shape index (κ1) is 12.6. The highest BCUT2D eigenvalue weighted by molar-refractivity contribution is 14.1. The highest BCUT2D eigenvalue weighted by Gasteiger charge is 2.17. The fourth-order valence-electron chi connectivity index (χ4n) is 1.84. The zero-order chi connectivity index (χ0) is 12.3. The van der Waals surface area contributed by atoms with Crippen LogP contribution in [0.4, 0.5) is 0 Å². The zero-order valence-corrected chi connectivity index (χ0v) is 11.9. The Bertz CT molecular complexity index is 451. The predicted octanol–water partition coefficient (Wildman–Crippen LogP) is 2.82. The molecule has 1 amide bonds. The van der Waals surface area contributed by atoms with Crippen molar-refractivity contribution in [3.8, 4) is 0 Å². The fourth-order valence-corrected chi connectivity index (χ4v) is 2.29. The Hall–Kier alpha value is -0.850. The van der Waals surface area contributed by atoms with Gasteiger partial charge in [0.2, 0.25) is 0 Å². The summed E-state index contributed by atoms with van der Waals surface area (Å²) in [7, 11) is 0. The van der Waals surface area contributed by atoms with Crippen LogP contribution >= 0.6 is 22.6 Å². The lowest BCUT2D eigenvalue weighted by molar-refractivity contribution is 0.0947. The second-order valence-electron chi connectivity index (χ2n) is 4.19. The molecule has 0 aliphatic heterocycles. The van der Waals surface area contributed by atoms with Crippen LogP contribution in [-0.2, 0) is 0 Å². The summed E-state index contributed by atoms with van der Waals surface area (Å²) in [6, 6.07) is 0. The van der Waals surface area contributed by atoms with Crippen molar-refractivity contribution in [2.24, 2.45) is 0 Å². The summed E-state index contributed by atoms with van der Waals surface area (Å²) in [6.07, 6.45) is 6.93. The molecule has 4 nitrogen and oxygen atoms in total. The Morgan fingerprint density at radius 1 is 1.59 bits per heavy atom. The molecule has 1 N–H and O–H groups in total. The van der Waals surface area contributed by atoms with Crippen molar-refractivity contribution in [1.29, 1.82) is 0 Å². The van der Waals surface area contributed by atoms with Gasteiger partial charge in [0.05, 0.1) is 3.57 Å². The van der Waals surface area contributed by atoms with Gasteiger partial charge < -0.3 is 9.84 Å². The Balaban J connectivity index is 1.93. The van der Waals surface area contributed by atoms with Gasteiger partial charge in [-0.2, -0.15) is 0 Å². The van der Waals surface area contributed by atoms with Crippen LogP contribution in [0.1, 0.15) is 41.9 Å². The van der Waals surface area contributed by atoms with E-state index < -0.39 is 0 Å². The van der Waals surface area contributed by atoms with E-state index in [-0.39, 0.29) is 5.91 Å². The lowest BCUT2D eigenvalue weighted by Gasteiger charge is -2.12. The largest absolute Gasteiger partial charge is 0.360 e. The highest BCUT2D eigenvalue weighted by atomic mass is 127. The number of amides is 1. The molecule has 0 aromatic carbocycles. The first-order valence-corrected chi connectivity index (χ1v) is 6.84. The zero-order valence-electron chi connectivity index (χ0n) is 9.75. The summed E-state index contributed by atoms with van der Waals surface area (Å²) >= 11 is 2.08. The topological polar surface area (TPSA) is 55.1 Å². The maximum Gasteiger partial charge on any atom is 0.274 e. The maximum absolute atomic E-state index is 11.9. The van der Waals surface area contributed by atoms with E-state index in [0.29, 0.717) is 18.0 Å². The maximum atomic E-state index is 11.9. The van der Waals surface area contributed by atoms with Gasteiger partial charge >= 0.3 is 0 Å². The Kier molecular flexibility index (Phi) is 4.20. The van der Waals surface area contributed by atoms with Gasteiger partial charge in [-0.3, -0.25) is 4.79 Å². The minimum Gasteiger partial charge on any atom is -0.360 e. The summed E-state index contributed by atoms with van der Waals surface area (Å²) in [5.41, 5.74) is 1.71. The molecule has 1 aromatic heterocycles. The molecule has 92 valence electrons. The summed E-state index contributed by atoms with van der Waals surface area (Å²) in [4.78, 5) is 11.9. The van der Waals surface area contributed by atoms with Gasteiger partial charge in [-0.15, -0.1) is 0 Å². The van der Waals surface area contributed by atoms with E-state index in [1.165, 1.54) is 18.4 Å². The Morgan fingerprint density at radius 3 is 3.00 bits per heavy atom. The molecule has 1 aliphatic carbocycles. The third-order valence-corrected chi connectivity index (χ3v) is 4.14. The summed E-state index contributed by atoms with van der Waals surface area (Å²) in [5, 5.41) is 6.65. The van der Waals surface area contributed by atoms with Crippen LogP contribution in [0.2, 0.25) is 0 Å². The second kappa shape index (κ2) is 5.66. The van der Waals surface area contributed by atoms with Crippen molar-refractivity contribution in [2.75, 3.05) is 6.54 Å². The van der Waals surface area contributed by atoms with Crippen LogP contribution in [0.5, 0.6) is 0 Å². The Labute approximate surface area is 114 Å². The molecule has 0 radical (unpaired) electrons. The van der Waals surface area contributed by atoms with Crippen molar-refractivity contribution >= 4 is 28.5 Å². The second-order valence-corrected chi connectivity index (χ2v) is 5.27. The summed E-state index contributed by atoms with van der Waals surface area (Å²) < 4.78 is 5.76. The predicted molar refractivity (Wildman–Crippen MR) is 72.8 cm³/mol. The molecule has 0 saturated carbocycles. The molecular formula is C12H15IN2O2. The molecule has 0 saturated heterocycles. The van der Waals surface area contributed by atoms with E-state index in [2.05, 4.69) is 39.1 Å². The quantitative estimate of drug-likeness (QED) is 0.676. The average Bonchev–Trinajstić information content (AvgIpc) is 2.69. The fraction of sp³-hybridized carbons (Fsp3) is 0.500. The van der Waals surface area contributed by atoms with Crippen molar-refractivity contribution in [2.45, 2.75) is 32.6 Å². The molecule has 1 aliphatic rings. The van der Waals surface area contributed by atoms with Crippen LogP contribution in [-0.4, -0.2) is 17.6 Å². The number of carbonyl (C=O) groups excluding carboxylic acids is 1. The van der Waals surface area contributed by atoms with E-state index in [0.717, 1.165) is 16.4 Å². The average molecular weight is 346 g/mol. The molecule has 5 heteroatoms. The van der Waals surface area contributed by atoms with Crippen molar-refractivity contribution < 1.29 is 9.32 Å². The molecule has 1 aromatic rings. The molecule has 0 bridgehead atoms. The number of hydrogen-bond donors (Lipinski definition) is 1. The standard InChI is InChI=1S/C12H15IN2O2/c1-8-10(13)11(15-17-8)12(16)14-7-9-5-3-2-4-6-9/h5H,2-4,6-7H2,1H3,(H,14,16). The molecule has 0 spiro atoms. The van der Waals surface area contributed by atoms with Crippen LogP contribution in [0.25, 0.3) is 0 Å². The summed E-state index contributed by atoms with van der Waals surface area (Å²) in [5.74, 6) is 0.533. The van der Waals surface area contributed by atoms with Gasteiger partial charge in [-0.1, -0.05) is 16.8 Å². The van der Waals surface area contributed by atoms with Crippen LogP contribution < -0.4 is 5.32 Å². The molecule has 1 heterocycles. The van der Waals surface area contributed by atoms with Gasteiger partial charge in [-0.25, -0.2) is 0 Å². The third-order valence-electron chi connectivity index (χ3n) is 2.87. The summed E-state index contributed by atoms with van der Waals surface area (Å²) in [6.45, 7) is 2.43. The van der Waals surface area contributed by atoms with E-state index in [4.69, 9.17) is 4.52 Å². The first-order chi connectivity index (χ1) is 8.18. The number of aryl methyl sites for hydroxylation is 1. The van der Waals surface area contributed by atoms with Gasteiger partial charge in [0.25, 0.3) is 5.91 Å². The van der Waals surface area contributed by atoms with Gasteiger partial charge in [0.1, 0.15) is 5.76 Å². The molecular weight excluding hydrogens is 331 g/mol. The normalized spacial score (nSPS) is 15.5. The van der Waals surface area contributed by atoms with Gasteiger partial charge in [-0.05, 0) is 55.2 Å². The number of allylic oxidation sites excluding steroid dienone is 1. The van der Waals surface area contributed by atoms with Crippen molar-refractivity contribution in [3.05, 3.63) is 26.7 Å². The lowest BCUT2D eigenvalue weighted by atomic mass is 10.00. The number of halogens is 1. The smallest absolute Gasteiger partial charge is 0.274 e. The molecule has 17 heavy (non-hydrogen) atoms. The van der Waals surface area contributed by atoms with E-state index in [1.807, 2.05) is 0 Å². The number of hydrogen-bond acceptors (Lipinski definition) is 3. The van der Waals surface area contributed by atoms with E-state index >= 15 is 0 Å². The van der Waals surface area contributed by atoms with E-state index in [9.17, 15) is 4.79 Å². The monoisotopic (exact) mass is 346 g/mol. The van der Waals surface area contributed by atoms with Crippen molar-refractivity contribution in [1.82, 2.24) is 10.5 Å². The van der Waals surface area contributed by atoms with Crippen molar-refractivity contribution in [3.63, 3.8) is 0 Å². The third kappa shape index (κ3) is 3.08. The van der Waals surface area contributed by atoms with Gasteiger partial charge in [0, 0.05) is 6.54 Å². The minimum atomic E-state index is -0.155. The number of nitrogens with zero attached hydrogens (tertiary/aromatic N) is 1. The van der Waals surface area contributed by atoms with E-state index in [1.54, 1.807) is 6.92 Å². The van der Waals surface area contributed by atoms with Gasteiger partial charge in [0.15, 0.2) is 5.69 Å². The minimum absolute atomic E-state index is 0.155. The van der Waals surface area contributed by atoms with Crippen LogP contribution in [0.15, 0.2) is 16.2 Å². The molecule has 0 unspecified atom stereocenters. The number of carbonyl (C=O) groups is 1. The molecule has 2 rings (SSSR count). The SMILES string of the molecule is Cc1onc(C(=O)NCC2=CCCCC2)c1I. The number of aromatic nitrogens is 1. The highest BCUT2D eigenvalue weighted by Crippen LogP contribution is 2.18. The number of rotatable bonds is 3. The molecule has 0 fully saturated rings. The molecule has 0 atom stereocenters.